The largest absolute Gasteiger partial charge is 0.424 e. The predicted octanol–water partition coefficient (Wildman–Crippen LogP) is 4.99. The minimum Gasteiger partial charge on any atom is -0.424 e. The molecule has 2 aromatic carbocycles. The average Bonchev–Trinajstić information content (AvgIpc) is 3.39. The molecule has 0 fully saturated rings. The van der Waals surface area contributed by atoms with Crippen molar-refractivity contribution in [3.8, 4) is 11.1 Å². The lowest BCUT2D eigenvalue weighted by Gasteiger charge is -2.21. The molecule has 2 heterocycles. The minimum absolute atomic E-state index is 0.0113. The van der Waals surface area contributed by atoms with E-state index in [1.807, 2.05) is 45.9 Å². The van der Waals surface area contributed by atoms with Crippen LogP contribution in [-0.2, 0) is 16.6 Å². The summed E-state index contributed by atoms with van der Waals surface area (Å²) in [5, 5.41) is 12.3. The second kappa shape index (κ2) is 8.59. The number of nitrogens with zero attached hydrogens (tertiary/aromatic N) is 3. The van der Waals surface area contributed by atoms with E-state index in [4.69, 9.17) is 9.40 Å². The van der Waals surface area contributed by atoms with Gasteiger partial charge in [-0.1, -0.05) is 50.2 Å². The molecule has 0 aliphatic heterocycles. The fraction of sp³-hybridized carbons (Fsp3) is 0.333. The molecular formula is C24H26N4O2S. The summed E-state index contributed by atoms with van der Waals surface area (Å²) in [6, 6.07) is 16.6. The Morgan fingerprint density at radius 2 is 1.87 bits per heavy atom. The number of rotatable bonds is 7. The fourth-order valence-electron chi connectivity index (χ4n) is 3.17. The lowest BCUT2D eigenvalue weighted by molar-refractivity contribution is -0.124. The highest BCUT2D eigenvalue weighted by molar-refractivity contribution is 7.18. The molecule has 0 radical (unpaired) electrons. The number of carbonyl (C=O) groups is 1. The molecule has 0 atom stereocenters. The Morgan fingerprint density at radius 3 is 2.61 bits per heavy atom. The number of nitrogens with one attached hydrogen (secondary N) is 1. The molecular weight excluding hydrogens is 408 g/mol. The van der Waals surface area contributed by atoms with Crippen LogP contribution in [0.2, 0.25) is 0 Å². The van der Waals surface area contributed by atoms with E-state index >= 15 is 0 Å². The number of carbonyl (C=O) groups excluding carboxylic acids is 1. The van der Waals surface area contributed by atoms with E-state index in [-0.39, 0.29) is 11.8 Å². The maximum atomic E-state index is 11.9. The Labute approximate surface area is 185 Å². The molecule has 1 N–H and O–H groups in total. The highest BCUT2D eigenvalue weighted by Crippen LogP contribution is 2.29. The van der Waals surface area contributed by atoms with E-state index in [0.29, 0.717) is 24.7 Å². The molecule has 7 heteroatoms. The topological polar surface area (TPSA) is 80.9 Å². The summed E-state index contributed by atoms with van der Waals surface area (Å²) < 4.78 is 7.06. The Hall–Kier alpha value is -3.06. The van der Waals surface area contributed by atoms with Crippen molar-refractivity contribution < 1.29 is 9.21 Å². The van der Waals surface area contributed by atoms with Gasteiger partial charge < -0.3 is 9.73 Å². The van der Waals surface area contributed by atoms with Crippen LogP contribution in [0.3, 0.4) is 0 Å². The molecule has 0 saturated heterocycles. The zero-order chi connectivity index (χ0) is 22.0. The third kappa shape index (κ3) is 4.82. The van der Waals surface area contributed by atoms with Crippen molar-refractivity contribution in [1.29, 1.82) is 0 Å². The van der Waals surface area contributed by atoms with Crippen molar-refractivity contribution in [2.45, 2.75) is 39.5 Å². The first-order valence-corrected chi connectivity index (χ1v) is 11.2. The number of thiazole rings is 1. The first-order chi connectivity index (χ1) is 14.8. The first-order valence-electron chi connectivity index (χ1n) is 10.4. The molecule has 4 rings (SSSR count). The molecule has 2 aromatic heterocycles. The van der Waals surface area contributed by atoms with Crippen LogP contribution < -0.4 is 5.32 Å². The van der Waals surface area contributed by atoms with Gasteiger partial charge in [-0.05, 0) is 37.1 Å². The zero-order valence-electron chi connectivity index (χ0n) is 18.2. The zero-order valence-corrected chi connectivity index (χ0v) is 19.0. The standard InChI is InChI=1S/C24H26N4O2S/c1-15(2)22(29)25-14-24(3,4)23-28-27-20(30-23)13-21-26-18-11-10-17(12-19(18)31-21)16-8-6-5-7-9-16/h5-12,15H,13-14H2,1-4H3,(H,25,29). The lowest BCUT2D eigenvalue weighted by atomic mass is 9.93. The van der Waals surface area contributed by atoms with Gasteiger partial charge in [-0.3, -0.25) is 4.79 Å². The molecule has 0 aliphatic rings. The monoisotopic (exact) mass is 434 g/mol. The summed E-state index contributed by atoms with van der Waals surface area (Å²) >= 11 is 1.64. The van der Waals surface area contributed by atoms with E-state index in [2.05, 4.69) is 45.8 Å². The van der Waals surface area contributed by atoms with Crippen LogP contribution in [-0.4, -0.2) is 27.6 Å². The molecule has 0 spiro atoms. The van der Waals surface area contributed by atoms with Crippen LogP contribution >= 0.6 is 11.3 Å². The van der Waals surface area contributed by atoms with Crippen LogP contribution in [0.15, 0.2) is 52.9 Å². The van der Waals surface area contributed by atoms with Crippen LogP contribution in [0.5, 0.6) is 0 Å². The van der Waals surface area contributed by atoms with E-state index in [0.717, 1.165) is 15.2 Å². The first kappa shape index (κ1) is 21.2. The van der Waals surface area contributed by atoms with E-state index in [1.54, 1.807) is 11.3 Å². The van der Waals surface area contributed by atoms with Crippen molar-refractivity contribution in [1.82, 2.24) is 20.5 Å². The van der Waals surface area contributed by atoms with Gasteiger partial charge in [0.1, 0.15) is 5.01 Å². The normalized spacial score (nSPS) is 11.9. The summed E-state index contributed by atoms with van der Waals surface area (Å²) in [4.78, 5) is 16.6. The molecule has 31 heavy (non-hydrogen) atoms. The van der Waals surface area contributed by atoms with Crippen molar-refractivity contribution in [2.75, 3.05) is 6.54 Å². The average molecular weight is 435 g/mol. The van der Waals surface area contributed by atoms with Crippen LogP contribution in [0.25, 0.3) is 21.3 Å². The highest BCUT2D eigenvalue weighted by Gasteiger charge is 2.28. The number of hydrogen-bond acceptors (Lipinski definition) is 6. The molecule has 4 aromatic rings. The Morgan fingerprint density at radius 1 is 1.10 bits per heavy atom. The molecule has 160 valence electrons. The van der Waals surface area contributed by atoms with Crippen molar-refractivity contribution in [2.24, 2.45) is 5.92 Å². The van der Waals surface area contributed by atoms with Crippen molar-refractivity contribution >= 4 is 27.5 Å². The number of amides is 1. The molecule has 1 amide bonds. The van der Waals surface area contributed by atoms with Crippen LogP contribution in [0.4, 0.5) is 0 Å². The van der Waals surface area contributed by atoms with Gasteiger partial charge in [0, 0.05) is 12.5 Å². The maximum absolute atomic E-state index is 11.9. The maximum Gasteiger partial charge on any atom is 0.223 e. The summed E-state index contributed by atoms with van der Waals surface area (Å²) in [6.07, 6.45) is 0.488. The third-order valence-electron chi connectivity index (χ3n) is 5.12. The van der Waals surface area contributed by atoms with Crippen molar-refractivity contribution in [3.05, 3.63) is 65.3 Å². The van der Waals surface area contributed by atoms with Crippen molar-refractivity contribution in [3.63, 3.8) is 0 Å². The van der Waals surface area contributed by atoms with Gasteiger partial charge in [0.05, 0.1) is 22.1 Å². The van der Waals surface area contributed by atoms with Gasteiger partial charge in [0.15, 0.2) is 0 Å². The van der Waals surface area contributed by atoms with Crippen LogP contribution in [0, 0.1) is 5.92 Å². The second-order valence-corrected chi connectivity index (χ2v) is 9.71. The number of fused-ring (bicyclic) bond motifs is 1. The van der Waals surface area contributed by atoms with Gasteiger partial charge in [-0.15, -0.1) is 21.5 Å². The number of benzene rings is 2. The smallest absolute Gasteiger partial charge is 0.223 e. The second-order valence-electron chi connectivity index (χ2n) is 8.59. The minimum atomic E-state index is -0.450. The van der Waals surface area contributed by atoms with Gasteiger partial charge in [-0.25, -0.2) is 4.98 Å². The summed E-state index contributed by atoms with van der Waals surface area (Å²) in [5.74, 6) is 0.993. The third-order valence-corrected chi connectivity index (χ3v) is 6.14. The van der Waals surface area contributed by atoms with Gasteiger partial charge >= 0.3 is 0 Å². The summed E-state index contributed by atoms with van der Waals surface area (Å²) in [5.41, 5.74) is 2.88. The van der Waals surface area contributed by atoms with E-state index < -0.39 is 5.41 Å². The van der Waals surface area contributed by atoms with Crippen LogP contribution in [0.1, 0.15) is 44.5 Å². The number of hydrogen-bond donors (Lipinski definition) is 1. The molecule has 0 aliphatic carbocycles. The summed E-state index contributed by atoms with van der Waals surface area (Å²) in [6.45, 7) is 8.14. The van der Waals surface area contributed by atoms with E-state index in [9.17, 15) is 4.79 Å². The lowest BCUT2D eigenvalue weighted by Crippen LogP contribution is -2.38. The van der Waals surface area contributed by atoms with E-state index in [1.165, 1.54) is 11.1 Å². The van der Waals surface area contributed by atoms with Gasteiger partial charge in [0.2, 0.25) is 17.7 Å². The summed E-state index contributed by atoms with van der Waals surface area (Å²) in [7, 11) is 0. The Kier molecular flexibility index (Phi) is 5.87. The number of aromatic nitrogens is 3. The molecule has 6 nitrogen and oxygen atoms in total. The molecule has 0 bridgehead atoms. The fourth-order valence-corrected chi connectivity index (χ4v) is 4.17. The Balaban J connectivity index is 1.48. The molecule has 0 unspecified atom stereocenters. The SMILES string of the molecule is CC(C)C(=O)NCC(C)(C)c1nnc(Cc2nc3ccc(-c4ccccc4)cc3s2)o1. The quantitative estimate of drug-likeness (QED) is 0.443. The Bertz CT molecular complexity index is 1190. The molecule has 0 saturated carbocycles. The van der Waals surface area contributed by atoms with Gasteiger partial charge in [-0.2, -0.15) is 0 Å². The predicted molar refractivity (Wildman–Crippen MR) is 123 cm³/mol. The van der Waals surface area contributed by atoms with Gasteiger partial charge in [0.25, 0.3) is 0 Å². The highest BCUT2D eigenvalue weighted by atomic mass is 32.1.